The van der Waals surface area contributed by atoms with Crippen molar-refractivity contribution in [3.63, 3.8) is 0 Å². The summed E-state index contributed by atoms with van der Waals surface area (Å²) in [6.07, 6.45) is 0.643. The molecule has 0 aliphatic rings. The van der Waals surface area contributed by atoms with Crippen LogP contribution in [-0.2, 0) is 29.0 Å². The van der Waals surface area contributed by atoms with Gasteiger partial charge >= 0.3 is 0 Å². The summed E-state index contributed by atoms with van der Waals surface area (Å²) in [6, 6.07) is 24.4. The number of benzene rings is 3. The number of hydrogen-bond donors (Lipinski definition) is 1. The predicted octanol–water partition coefficient (Wildman–Crippen LogP) is 4.58. The van der Waals surface area contributed by atoms with Crippen molar-refractivity contribution in [2.75, 3.05) is 7.05 Å². The molecule has 5 heteroatoms. The van der Waals surface area contributed by atoms with Crippen LogP contribution in [0.1, 0.15) is 22.3 Å². The fraction of sp³-hybridized carbons (Fsp3) is 0.231. The Morgan fingerprint density at radius 1 is 0.871 bits per heavy atom. The number of rotatable bonds is 8. The molecule has 1 unspecified atom stereocenters. The summed E-state index contributed by atoms with van der Waals surface area (Å²) >= 11 is 5.98. The molecule has 1 N–H and O–H groups in total. The Kier molecular flexibility index (Phi) is 7.85. The number of hydrogen-bond acceptors (Lipinski definition) is 2. The molecule has 0 aromatic heterocycles. The van der Waals surface area contributed by atoms with Gasteiger partial charge in [-0.2, -0.15) is 0 Å². The van der Waals surface area contributed by atoms with Gasteiger partial charge in [0.15, 0.2) is 0 Å². The number of aryl methyl sites for hydroxylation is 1. The van der Waals surface area contributed by atoms with Gasteiger partial charge in [-0.1, -0.05) is 83.9 Å². The summed E-state index contributed by atoms with van der Waals surface area (Å²) in [5, 5.41) is 3.36. The molecule has 0 heterocycles. The van der Waals surface area contributed by atoms with Gasteiger partial charge < -0.3 is 10.2 Å². The maximum Gasteiger partial charge on any atom is 0.242 e. The summed E-state index contributed by atoms with van der Waals surface area (Å²) in [5.74, 6) is -0.284. The zero-order valence-corrected chi connectivity index (χ0v) is 18.6. The lowest BCUT2D eigenvalue weighted by atomic mass is 10.0. The molecule has 0 saturated carbocycles. The molecule has 2 amide bonds. The molecule has 0 spiro atoms. The van der Waals surface area contributed by atoms with Crippen LogP contribution < -0.4 is 5.32 Å². The van der Waals surface area contributed by atoms with Gasteiger partial charge in [0, 0.05) is 25.0 Å². The first-order valence-electron chi connectivity index (χ1n) is 10.3. The molecule has 0 saturated heterocycles. The van der Waals surface area contributed by atoms with Gasteiger partial charge in [-0.25, -0.2) is 0 Å². The van der Waals surface area contributed by atoms with E-state index in [-0.39, 0.29) is 18.2 Å². The van der Waals surface area contributed by atoms with E-state index in [1.54, 1.807) is 24.1 Å². The highest BCUT2D eigenvalue weighted by Gasteiger charge is 2.29. The fourth-order valence-electron chi connectivity index (χ4n) is 3.49. The van der Waals surface area contributed by atoms with Gasteiger partial charge in [0.2, 0.25) is 11.8 Å². The minimum absolute atomic E-state index is 0.104. The van der Waals surface area contributed by atoms with E-state index in [2.05, 4.69) is 5.32 Å². The first-order valence-corrected chi connectivity index (χ1v) is 10.7. The quantitative estimate of drug-likeness (QED) is 0.564. The van der Waals surface area contributed by atoms with Crippen molar-refractivity contribution in [1.82, 2.24) is 10.2 Å². The zero-order valence-electron chi connectivity index (χ0n) is 17.8. The Hall–Kier alpha value is -3.11. The fourth-order valence-corrected chi connectivity index (χ4v) is 3.62. The second-order valence-electron chi connectivity index (χ2n) is 7.63. The second-order valence-corrected chi connectivity index (χ2v) is 8.07. The smallest absolute Gasteiger partial charge is 0.242 e. The third-order valence-electron chi connectivity index (χ3n) is 5.26. The number of likely N-dealkylation sites (N-methyl/N-ethyl adjacent to an activating group) is 1. The maximum atomic E-state index is 13.4. The Balaban J connectivity index is 1.92. The summed E-state index contributed by atoms with van der Waals surface area (Å²) < 4.78 is 0. The second kappa shape index (κ2) is 10.8. The predicted molar refractivity (Wildman–Crippen MR) is 125 cm³/mol. The van der Waals surface area contributed by atoms with Gasteiger partial charge in [0.25, 0.3) is 0 Å². The van der Waals surface area contributed by atoms with Gasteiger partial charge in [-0.15, -0.1) is 0 Å². The lowest BCUT2D eigenvalue weighted by Crippen LogP contribution is -2.50. The Bertz CT molecular complexity index is 1000. The zero-order chi connectivity index (χ0) is 22.2. The largest absolute Gasteiger partial charge is 0.357 e. The molecule has 0 aliphatic carbocycles. The first kappa shape index (κ1) is 22.6. The highest BCUT2D eigenvalue weighted by molar-refractivity contribution is 6.30. The summed E-state index contributed by atoms with van der Waals surface area (Å²) in [4.78, 5) is 28.0. The molecule has 0 aliphatic heterocycles. The molecule has 3 rings (SSSR count). The Labute approximate surface area is 188 Å². The number of nitrogens with one attached hydrogen (secondary N) is 1. The molecule has 1 atom stereocenters. The van der Waals surface area contributed by atoms with Gasteiger partial charge in [-0.3, -0.25) is 9.59 Å². The molecule has 3 aromatic carbocycles. The lowest BCUT2D eigenvalue weighted by Gasteiger charge is -2.31. The van der Waals surface area contributed by atoms with E-state index in [0.29, 0.717) is 18.0 Å². The number of carbonyl (C=O) groups excluding carboxylic acids is 2. The van der Waals surface area contributed by atoms with Crippen LogP contribution in [0.5, 0.6) is 0 Å². The van der Waals surface area contributed by atoms with Crippen LogP contribution in [-0.4, -0.2) is 29.8 Å². The molecule has 160 valence electrons. The molecule has 4 nitrogen and oxygen atoms in total. The van der Waals surface area contributed by atoms with E-state index >= 15 is 0 Å². The van der Waals surface area contributed by atoms with Crippen molar-refractivity contribution in [2.24, 2.45) is 0 Å². The standard InChI is InChI=1S/C26H27ClN2O2/c1-19-8-10-22(11-9-19)18-29(25(30)17-21-12-14-23(27)15-13-21)24(26(31)28-2)16-20-6-4-3-5-7-20/h3-15,24H,16-18H2,1-2H3,(H,28,31). The van der Waals surface area contributed by atoms with Crippen LogP contribution in [0.2, 0.25) is 5.02 Å². The van der Waals surface area contributed by atoms with Crippen molar-refractivity contribution in [1.29, 1.82) is 0 Å². The van der Waals surface area contributed by atoms with Crippen LogP contribution in [0, 0.1) is 6.92 Å². The van der Waals surface area contributed by atoms with E-state index in [9.17, 15) is 9.59 Å². The van der Waals surface area contributed by atoms with E-state index in [0.717, 1.165) is 22.3 Å². The van der Waals surface area contributed by atoms with Crippen LogP contribution in [0.15, 0.2) is 78.9 Å². The van der Waals surface area contributed by atoms with Crippen molar-refractivity contribution in [2.45, 2.75) is 32.4 Å². The van der Waals surface area contributed by atoms with E-state index in [1.807, 2.05) is 73.7 Å². The lowest BCUT2D eigenvalue weighted by molar-refractivity contribution is -0.140. The molecular formula is C26H27ClN2O2. The summed E-state index contributed by atoms with van der Waals surface area (Å²) in [5.41, 5.74) is 4.00. The van der Waals surface area contributed by atoms with Crippen molar-refractivity contribution in [3.8, 4) is 0 Å². The normalized spacial score (nSPS) is 11.6. The van der Waals surface area contributed by atoms with Crippen molar-refractivity contribution < 1.29 is 9.59 Å². The van der Waals surface area contributed by atoms with E-state index in [1.165, 1.54) is 0 Å². The average Bonchev–Trinajstić information content (AvgIpc) is 2.79. The number of amides is 2. The molecule has 0 fully saturated rings. The average molecular weight is 435 g/mol. The Morgan fingerprint density at radius 2 is 1.48 bits per heavy atom. The summed E-state index contributed by atoms with van der Waals surface area (Å²) in [6.45, 7) is 2.38. The highest BCUT2D eigenvalue weighted by Crippen LogP contribution is 2.18. The highest BCUT2D eigenvalue weighted by atomic mass is 35.5. The molecular weight excluding hydrogens is 408 g/mol. The van der Waals surface area contributed by atoms with Gasteiger partial charge in [-0.05, 0) is 35.7 Å². The van der Waals surface area contributed by atoms with Crippen LogP contribution in [0.4, 0.5) is 0 Å². The van der Waals surface area contributed by atoms with Crippen LogP contribution in [0.25, 0.3) is 0 Å². The summed E-state index contributed by atoms with van der Waals surface area (Å²) in [7, 11) is 1.61. The van der Waals surface area contributed by atoms with Crippen LogP contribution in [0.3, 0.4) is 0 Å². The Morgan fingerprint density at radius 3 is 2.10 bits per heavy atom. The number of nitrogens with zero attached hydrogens (tertiary/aromatic N) is 1. The van der Waals surface area contributed by atoms with Gasteiger partial charge in [0.1, 0.15) is 6.04 Å². The van der Waals surface area contributed by atoms with E-state index in [4.69, 9.17) is 11.6 Å². The molecule has 0 bridgehead atoms. The topological polar surface area (TPSA) is 49.4 Å². The number of halogens is 1. The third kappa shape index (κ3) is 6.43. The minimum atomic E-state index is -0.617. The molecule has 0 radical (unpaired) electrons. The van der Waals surface area contributed by atoms with Crippen molar-refractivity contribution >= 4 is 23.4 Å². The number of carbonyl (C=O) groups is 2. The molecule has 31 heavy (non-hydrogen) atoms. The SMILES string of the molecule is CNC(=O)C(Cc1ccccc1)N(Cc1ccc(C)cc1)C(=O)Cc1ccc(Cl)cc1. The van der Waals surface area contributed by atoms with Gasteiger partial charge in [0.05, 0.1) is 6.42 Å². The van der Waals surface area contributed by atoms with Crippen LogP contribution >= 0.6 is 11.6 Å². The first-order chi connectivity index (χ1) is 15.0. The third-order valence-corrected chi connectivity index (χ3v) is 5.51. The maximum absolute atomic E-state index is 13.4. The molecule has 3 aromatic rings. The minimum Gasteiger partial charge on any atom is -0.357 e. The van der Waals surface area contributed by atoms with Crippen molar-refractivity contribution in [3.05, 3.63) is 106 Å². The monoisotopic (exact) mass is 434 g/mol. The van der Waals surface area contributed by atoms with E-state index < -0.39 is 6.04 Å².